The lowest BCUT2D eigenvalue weighted by Crippen LogP contribution is -2.09. The van der Waals surface area contributed by atoms with Crippen LogP contribution in [0.25, 0.3) is 0 Å². The first-order chi connectivity index (χ1) is 7.66. The molecule has 0 amide bonds. The van der Waals surface area contributed by atoms with Crippen LogP contribution in [0.1, 0.15) is 24.3 Å². The number of nitrogens with zero attached hydrogens (tertiary/aromatic N) is 1. The predicted molar refractivity (Wildman–Crippen MR) is 64.1 cm³/mol. The molecule has 0 fully saturated rings. The minimum absolute atomic E-state index is 0.0486. The number of nitrogen functional groups attached to an aromatic ring is 1. The molecule has 0 saturated heterocycles. The molecule has 0 saturated carbocycles. The van der Waals surface area contributed by atoms with Crippen LogP contribution in [-0.2, 0) is 0 Å². The zero-order valence-corrected chi connectivity index (χ0v) is 9.40. The maximum atomic E-state index is 5.87. The van der Waals surface area contributed by atoms with Gasteiger partial charge in [0.2, 0.25) is 0 Å². The van der Waals surface area contributed by atoms with E-state index >= 15 is 0 Å². The molecule has 0 aliphatic heterocycles. The van der Waals surface area contributed by atoms with Gasteiger partial charge in [-0.25, -0.2) is 4.98 Å². The van der Waals surface area contributed by atoms with E-state index in [4.69, 9.17) is 10.2 Å². The third-order valence-corrected chi connectivity index (χ3v) is 2.38. The zero-order chi connectivity index (χ0) is 11.5. The normalized spacial score (nSPS) is 12.4. The molecule has 3 N–H and O–H groups in total. The molecule has 2 aromatic rings. The summed E-state index contributed by atoms with van der Waals surface area (Å²) in [5.74, 6) is 1.55. The average molecular weight is 217 g/mol. The van der Waals surface area contributed by atoms with Crippen LogP contribution in [0.2, 0.25) is 0 Å². The minimum atomic E-state index is 0.0486. The highest BCUT2D eigenvalue weighted by molar-refractivity contribution is 5.62. The summed E-state index contributed by atoms with van der Waals surface area (Å²) >= 11 is 0. The fourth-order valence-corrected chi connectivity index (χ4v) is 1.53. The third-order valence-electron chi connectivity index (χ3n) is 2.38. The van der Waals surface area contributed by atoms with Gasteiger partial charge < -0.3 is 15.5 Å². The number of nitrogens with one attached hydrogen (secondary N) is 1. The maximum Gasteiger partial charge on any atom is 0.149 e. The van der Waals surface area contributed by atoms with Crippen LogP contribution in [0.4, 0.5) is 11.5 Å². The second kappa shape index (κ2) is 4.26. The van der Waals surface area contributed by atoms with Crippen molar-refractivity contribution in [3.05, 3.63) is 42.0 Å². The minimum Gasteiger partial charge on any atom is -0.467 e. The van der Waals surface area contributed by atoms with Crippen molar-refractivity contribution in [2.75, 3.05) is 11.1 Å². The van der Waals surface area contributed by atoms with E-state index in [1.54, 1.807) is 12.5 Å². The van der Waals surface area contributed by atoms with Crippen molar-refractivity contribution in [2.45, 2.75) is 19.9 Å². The molecule has 84 valence electrons. The number of nitrogens with two attached hydrogens (primary N) is 1. The van der Waals surface area contributed by atoms with E-state index in [1.165, 1.54) is 0 Å². The van der Waals surface area contributed by atoms with Gasteiger partial charge in [0.25, 0.3) is 0 Å². The summed E-state index contributed by atoms with van der Waals surface area (Å²) in [5, 5.41) is 3.21. The summed E-state index contributed by atoms with van der Waals surface area (Å²) in [5.41, 5.74) is 7.57. The fraction of sp³-hybridized carbons (Fsp3) is 0.250. The zero-order valence-electron chi connectivity index (χ0n) is 9.40. The monoisotopic (exact) mass is 217 g/mol. The number of aryl methyl sites for hydroxylation is 1. The topological polar surface area (TPSA) is 64.1 Å². The molecule has 1 atom stereocenters. The fourth-order valence-electron chi connectivity index (χ4n) is 1.53. The van der Waals surface area contributed by atoms with Crippen molar-refractivity contribution in [3.8, 4) is 0 Å². The number of furan rings is 1. The summed E-state index contributed by atoms with van der Waals surface area (Å²) < 4.78 is 5.30. The highest BCUT2D eigenvalue weighted by Crippen LogP contribution is 2.22. The molecular formula is C12H15N3O. The van der Waals surface area contributed by atoms with Gasteiger partial charge >= 0.3 is 0 Å². The van der Waals surface area contributed by atoms with Crippen LogP contribution < -0.4 is 11.1 Å². The van der Waals surface area contributed by atoms with Gasteiger partial charge in [-0.1, -0.05) is 0 Å². The molecule has 1 unspecified atom stereocenters. The third kappa shape index (κ3) is 2.16. The Bertz CT molecular complexity index is 465. The van der Waals surface area contributed by atoms with Crippen LogP contribution in [0.3, 0.4) is 0 Å². The van der Waals surface area contributed by atoms with Gasteiger partial charge in [-0.15, -0.1) is 0 Å². The Hall–Kier alpha value is -1.97. The summed E-state index contributed by atoms with van der Waals surface area (Å²) in [4.78, 5) is 4.25. The Balaban J connectivity index is 2.15. The van der Waals surface area contributed by atoms with Gasteiger partial charge in [-0.2, -0.15) is 0 Å². The Morgan fingerprint density at radius 2 is 2.31 bits per heavy atom. The summed E-state index contributed by atoms with van der Waals surface area (Å²) in [6.07, 6.45) is 3.44. The van der Waals surface area contributed by atoms with Crippen molar-refractivity contribution in [1.29, 1.82) is 0 Å². The maximum absolute atomic E-state index is 5.87. The van der Waals surface area contributed by atoms with Gasteiger partial charge in [-0.3, -0.25) is 0 Å². The van der Waals surface area contributed by atoms with Crippen molar-refractivity contribution >= 4 is 11.5 Å². The largest absolute Gasteiger partial charge is 0.467 e. The molecule has 2 aromatic heterocycles. The van der Waals surface area contributed by atoms with E-state index in [1.807, 2.05) is 32.0 Å². The highest BCUT2D eigenvalue weighted by Gasteiger charge is 2.10. The molecule has 0 bridgehead atoms. The standard InChI is InChI=1S/C12H15N3O/c1-8-6-10(13)12(14-7-8)15-9(2)11-4-3-5-16-11/h3-7,9H,13H2,1-2H3,(H,14,15). The first kappa shape index (κ1) is 10.5. The number of hydrogen-bond acceptors (Lipinski definition) is 4. The molecule has 0 radical (unpaired) electrons. The molecule has 2 heterocycles. The van der Waals surface area contributed by atoms with Crippen molar-refractivity contribution in [3.63, 3.8) is 0 Å². The van der Waals surface area contributed by atoms with E-state index in [2.05, 4.69) is 10.3 Å². The number of aromatic nitrogens is 1. The molecule has 16 heavy (non-hydrogen) atoms. The number of hydrogen-bond donors (Lipinski definition) is 2. The van der Waals surface area contributed by atoms with E-state index in [0.29, 0.717) is 11.5 Å². The number of pyridine rings is 1. The quantitative estimate of drug-likeness (QED) is 0.829. The van der Waals surface area contributed by atoms with Crippen LogP contribution >= 0.6 is 0 Å². The van der Waals surface area contributed by atoms with Crippen LogP contribution in [0.15, 0.2) is 35.1 Å². The van der Waals surface area contributed by atoms with Crippen molar-refractivity contribution in [2.24, 2.45) is 0 Å². The number of rotatable bonds is 3. The summed E-state index contributed by atoms with van der Waals surface area (Å²) in [7, 11) is 0. The Morgan fingerprint density at radius 1 is 1.50 bits per heavy atom. The lowest BCUT2D eigenvalue weighted by molar-refractivity contribution is 0.490. The molecule has 0 aliphatic carbocycles. The van der Waals surface area contributed by atoms with E-state index in [0.717, 1.165) is 11.3 Å². The van der Waals surface area contributed by atoms with Gasteiger partial charge in [0.05, 0.1) is 18.0 Å². The lowest BCUT2D eigenvalue weighted by Gasteiger charge is -2.13. The smallest absolute Gasteiger partial charge is 0.149 e. The molecule has 0 spiro atoms. The lowest BCUT2D eigenvalue weighted by atomic mass is 10.2. The first-order valence-electron chi connectivity index (χ1n) is 5.19. The second-order valence-electron chi connectivity index (χ2n) is 3.83. The van der Waals surface area contributed by atoms with Crippen molar-refractivity contribution in [1.82, 2.24) is 4.98 Å². The van der Waals surface area contributed by atoms with Gasteiger partial charge in [0.15, 0.2) is 0 Å². The van der Waals surface area contributed by atoms with Crippen LogP contribution in [0, 0.1) is 6.92 Å². The molecule has 2 rings (SSSR count). The van der Waals surface area contributed by atoms with E-state index < -0.39 is 0 Å². The molecule has 4 heteroatoms. The molecule has 4 nitrogen and oxygen atoms in total. The molecule has 0 aliphatic rings. The van der Waals surface area contributed by atoms with Gasteiger partial charge in [0.1, 0.15) is 11.6 Å². The Morgan fingerprint density at radius 3 is 2.94 bits per heavy atom. The number of anilines is 2. The van der Waals surface area contributed by atoms with Crippen molar-refractivity contribution < 1.29 is 4.42 Å². The Labute approximate surface area is 94.5 Å². The SMILES string of the molecule is Cc1cnc(NC(C)c2ccco2)c(N)c1. The van der Waals surface area contributed by atoms with Gasteiger partial charge in [-0.05, 0) is 37.6 Å². The van der Waals surface area contributed by atoms with E-state index in [-0.39, 0.29) is 6.04 Å². The van der Waals surface area contributed by atoms with E-state index in [9.17, 15) is 0 Å². The summed E-state index contributed by atoms with van der Waals surface area (Å²) in [6.45, 7) is 3.96. The van der Waals surface area contributed by atoms with Gasteiger partial charge in [0, 0.05) is 6.20 Å². The Kier molecular flexibility index (Phi) is 2.81. The second-order valence-corrected chi connectivity index (χ2v) is 3.83. The predicted octanol–water partition coefficient (Wildman–Crippen LogP) is 2.74. The van der Waals surface area contributed by atoms with Crippen LogP contribution in [-0.4, -0.2) is 4.98 Å². The highest BCUT2D eigenvalue weighted by atomic mass is 16.3. The first-order valence-corrected chi connectivity index (χ1v) is 5.19. The average Bonchev–Trinajstić information content (AvgIpc) is 2.75. The summed E-state index contributed by atoms with van der Waals surface area (Å²) in [6, 6.07) is 5.72. The molecule has 0 aromatic carbocycles. The molecular weight excluding hydrogens is 202 g/mol. The van der Waals surface area contributed by atoms with Crippen LogP contribution in [0.5, 0.6) is 0 Å².